The van der Waals surface area contributed by atoms with E-state index >= 15 is 0 Å². The van der Waals surface area contributed by atoms with Crippen LogP contribution in [0, 0.1) is 0 Å². The molecule has 2 nitrogen and oxygen atoms in total. The SMILES string of the molecule is CN1C(C)(S)CC(c2c[nH]c3ccccc23)CC1(S)S. The standard InChI is InChI=1S/C15H20N2S3/c1-14(18)7-10(8-15(19,20)17(14)2)12-9-16-13-6-4-3-5-11(12)13/h3-6,9-10,16,18-20H,7-8H2,1-2H3. The van der Waals surface area contributed by atoms with Crippen LogP contribution in [0.15, 0.2) is 30.5 Å². The van der Waals surface area contributed by atoms with Crippen LogP contribution in [0.4, 0.5) is 0 Å². The monoisotopic (exact) mass is 324 g/mol. The zero-order valence-electron chi connectivity index (χ0n) is 11.7. The molecule has 2 aromatic rings. The van der Waals surface area contributed by atoms with Gasteiger partial charge in [0.2, 0.25) is 0 Å². The topological polar surface area (TPSA) is 19.0 Å². The highest BCUT2D eigenvalue weighted by molar-refractivity contribution is 8.00. The van der Waals surface area contributed by atoms with Gasteiger partial charge in [0.25, 0.3) is 0 Å². The number of nitrogens with one attached hydrogen (secondary N) is 1. The fourth-order valence-corrected chi connectivity index (χ4v) is 4.61. The predicted molar refractivity (Wildman–Crippen MR) is 96.1 cm³/mol. The summed E-state index contributed by atoms with van der Waals surface area (Å²) < 4.78 is -0.447. The summed E-state index contributed by atoms with van der Waals surface area (Å²) in [5, 5.41) is 1.30. The molecule has 1 N–H and O–H groups in total. The van der Waals surface area contributed by atoms with E-state index in [0.29, 0.717) is 5.92 Å². The summed E-state index contributed by atoms with van der Waals surface area (Å²) >= 11 is 14.3. The van der Waals surface area contributed by atoms with Crippen LogP contribution in [-0.2, 0) is 0 Å². The molecule has 1 aliphatic rings. The molecule has 1 fully saturated rings. The summed E-state index contributed by atoms with van der Waals surface area (Å²) in [4.78, 5) is 5.29. The number of hydrogen-bond acceptors (Lipinski definition) is 4. The van der Waals surface area contributed by atoms with Crippen molar-refractivity contribution in [3.05, 3.63) is 36.0 Å². The number of aromatic amines is 1. The van der Waals surface area contributed by atoms with Crippen molar-refractivity contribution in [2.75, 3.05) is 7.05 Å². The number of benzene rings is 1. The Morgan fingerprint density at radius 2 is 1.90 bits per heavy atom. The Labute approximate surface area is 136 Å². The van der Waals surface area contributed by atoms with E-state index in [9.17, 15) is 0 Å². The number of piperidine rings is 1. The average Bonchev–Trinajstić information content (AvgIpc) is 2.79. The van der Waals surface area contributed by atoms with Crippen LogP contribution in [0.1, 0.15) is 31.2 Å². The Hall–Kier alpha value is -0.230. The van der Waals surface area contributed by atoms with Gasteiger partial charge < -0.3 is 4.98 Å². The maximum Gasteiger partial charge on any atom is 0.110 e. The van der Waals surface area contributed by atoms with E-state index < -0.39 is 4.20 Å². The van der Waals surface area contributed by atoms with Crippen LogP contribution < -0.4 is 0 Å². The van der Waals surface area contributed by atoms with E-state index in [1.54, 1.807) is 0 Å². The van der Waals surface area contributed by atoms with Gasteiger partial charge in [-0.1, -0.05) is 18.2 Å². The first kappa shape index (κ1) is 14.7. The van der Waals surface area contributed by atoms with E-state index in [4.69, 9.17) is 37.9 Å². The van der Waals surface area contributed by atoms with Crippen LogP contribution in [-0.4, -0.2) is 26.0 Å². The third kappa shape index (κ3) is 2.39. The number of hydrogen-bond donors (Lipinski definition) is 4. The van der Waals surface area contributed by atoms with Gasteiger partial charge in [-0.3, -0.25) is 4.90 Å². The van der Waals surface area contributed by atoms with Crippen molar-refractivity contribution in [2.45, 2.75) is 34.8 Å². The van der Waals surface area contributed by atoms with Crippen LogP contribution >= 0.6 is 37.9 Å². The first-order chi connectivity index (χ1) is 9.31. The van der Waals surface area contributed by atoms with Crippen LogP contribution in [0.25, 0.3) is 10.9 Å². The van der Waals surface area contributed by atoms with Gasteiger partial charge in [-0.15, -0.1) is 25.3 Å². The normalized spacial score (nSPS) is 30.8. The van der Waals surface area contributed by atoms with Crippen molar-refractivity contribution in [1.82, 2.24) is 9.88 Å². The second-order valence-electron chi connectivity index (χ2n) is 5.95. The van der Waals surface area contributed by atoms with Gasteiger partial charge in [-0.25, -0.2) is 0 Å². The number of aromatic nitrogens is 1. The summed E-state index contributed by atoms with van der Waals surface area (Å²) in [5.41, 5.74) is 2.53. The molecule has 1 aliphatic heterocycles. The number of para-hydroxylation sites is 1. The van der Waals surface area contributed by atoms with E-state index in [2.05, 4.69) is 47.3 Å². The highest BCUT2D eigenvalue weighted by Crippen LogP contribution is 2.50. The Kier molecular flexibility index (Phi) is 3.60. The Morgan fingerprint density at radius 3 is 2.60 bits per heavy atom. The van der Waals surface area contributed by atoms with Crippen molar-refractivity contribution >= 4 is 48.8 Å². The first-order valence-electron chi connectivity index (χ1n) is 6.78. The maximum atomic E-state index is 4.83. The van der Waals surface area contributed by atoms with Gasteiger partial charge in [0.15, 0.2) is 0 Å². The van der Waals surface area contributed by atoms with Crippen molar-refractivity contribution in [1.29, 1.82) is 0 Å². The Morgan fingerprint density at radius 1 is 1.20 bits per heavy atom. The molecule has 0 radical (unpaired) electrons. The second-order valence-corrected chi connectivity index (χ2v) is 8.74. The molecule has 2 unspecified atom stereocenters. The van der Waals surface area contributed by atoms with Crippen molar-refractivity contribution < 1.29 is 0 Å². The number of thiol groups is 3. The largest absolute Gasteiger partial charge is 0.361 e. The summed E-state index contributed by atoms with van der Waals surface area (Å²) in [7, 11) is 2.04. The zero-order valence-corrected chi connectivity index (χ0v) is 14.4. The summed E-state index contributed by atoms with van der Waals surface area (Å²) in [6, 6.07) is 8.43. The van der Waals surface area contributed by atoms with Crippen LogP contribution in [0.2, 0.25) is 0 Å². The molecule has 20 heavy (non-hydrogen) atoms. The molecule has 0 saturated carbocycles. The lowest BCUT2D eigenvalue weighted by molar-refractivity contribution is 0.122. The Bertz CT molecular complexity index is 615. The highest BCUT2D eigenvalue weighted by Gasteiger charge is 2.46. The number of rotatable bonds is 1. The molecule has 5 heteroatoms. The quantitative estimate of drug-likeness (QED) is 0.459. The van der Waals surface area contributed by atoms with Gasteiger partial charge in [0.1, 0.15) is 4.20 Å². The average molecular weight is 325 g/mol. The molecule has 3 rings (SSSR count). The van der Waals surface area contributed by atoms with Gasteiger partial charge in [-0.05, 0) is 44.4 Å². The lowest BCUT2D eigenvalue weighted by Crippen LogP contribution is -2.54. The summed E-state index contributed by atoms with van der Waals surface area (Å²) in [5.74, 6) is 0.403. The van der Waals surface area contributed by atoms with Crippen LogP contribution in [0.5, 0.6) is 0 Å². The second kappa shape index (κ2) is 4.90. The summed E-state index contributed by atoms with van der Waals surface area (Å²) in [6.45, 7) is 2.14. The molecule has 0 aliphatic carbocycles. The number of nitrogens with zero attached hydrogens (tertiary/aromatic N) is 1. The number of H-pyrrole nitrogens is 1. The van der Waals surface area contributed by atoms with Gasteiger partial charge >= 0.3 is 0 Å². The molecule has 1 aromatic carbocycles. The van der Waals surface area contributed by atoms with Gasteiger partial charge in [-0.2, -0.15) is 12.6 Å². The maximum absolute atomic E-state index is 4.83. The molecule has 1 saturated heterocycles. The zero-order chi connectivity index (χ0) is 14.5. The molecule has 2 heterocycles. The van der Waals surface area contributed by atoms with E-state index in [1.165, 1.54) is 16.5 Å². The predicted octanol–water partition coefficient (Wildman–Crippen LogP) is 4.14. The van der Waals surface area contributed by atoms with Gasteiger partial charge in [0.05, 0.1) is 4.87 Å². The number of fused-ring (bicyclic) bond motifs is 1. The third-order valence-corrected chi connectivity index (χ3v) is 5.92. The molecule has 0 bridgehead atoms. The lowest BCUT2D eigenvalue weighted by Gasteiger charge is -2.51. The van der Waals surface area contributed by atoms with Crippen molar-refractivity contribution in [3.8, 4) is 0 Å². The van der Waals surface area contributed by atoms with E-state index in [1.807, 2.05) is 7.05 Å². The first-order valence-corrected chi connectivity index (χ1v) is 8.12. The molecule has 108 valence electrons. The number of likely N-dealkylation sites (tertiary alicyclic amines) is 1. The smallest absolute Gasteiger partial charge is 0.110 e. The molecular weight excluding hydrogens is 304 g/mol. The van der Waals surface area contributed by atoms with Crippen molar-refractivity contribution in [3.63, 3.8) is 0 Å². The molecule has 0 amide bonds. The fourth-order valence-electron chi connectivity index (χ4n) is 3.18. The lowest BCUT2D eigenvalue weighted by atomic mass is 9.85. The summed E-state index contributed by atoms with van der Waals surface area (Å²) in [6.07, 6.45) is 4.01. The highest BCUT2D eigenvalue weighted by atomic mass is 32.2. The fraction of sp³-hybridized carbons (Fsp3) is 0.467. The molecular formula is C15H20N2S3. The molecule has 0 spiro atoms. The van der Waals surface area contributed by atoms with Crippen LogP contribution in [0.3, 0.4) is 0 Å². The molecule has 1 aromatic heterocycles. The minimum Gasteiger partial charge on any atom is -0.361 e. The minimum atomic E-state index is -0.447. The van der Waals surface area contributed by atoms with Gasteiger partial charge in [0, 0.05) is 17.1 Å². The molecule has 2 atom stereocenters. The van der Waals surface area contributed by atoms with E-state index in [0.717, 1.165) is 12.8 Å². The minimum absolute atomic E-state index is 0.217. The van der Waals surface area contributed by atoms with E-state index in [-0.39, 0.29) is 4.87 Å². The third-order valence-electron chi connectivity index (χ3n) is 4.47. The van der Waals surface area contributed by atoms with Crippen molar-refractivity contribution in [2.24, 2.45) is 0 Å². The Balaban J connectivity index is 2.02.